The minimum absolute atomic E-state index is 0.565. The minimum Gasteiger partial charge on any atom is -0.456 e. The second-order valence-electron chi connectivity index (χ2n) is 8.66. The molecule has 170 valence electrons. The number of halogens is 1. The molecule has 0 unspecified atom stereocenters. The quantitative estimate of drug-likeness (QED) is 0.252. The van der Waals surface area contributed by atoms with Crippen LogP contribution in [0.5, 0.6) is 0 Å². The van der Waals surface area contributed by atoms with Crippen LogP contribution in [0.25, 0.3) is 66.9 Å². The summed E-state index contributed by atoms with van der Waals surface area (Å²) in [6, 6.07) is 36.1. The Labute approximate surface area is 211 Å². The first-order valence-electron chi connectivity index (χ1n) is 11.6. The van der Waals surface area contributed by atoms with Crippen molar-refractivity contribution in [2.45, 2.75) is 0 Å². The van der Waals surface area contributed by atoms with Gasteiger partial charge in [-0.2, -0.15) is 0 Å². The van der Waals surface area contributed by atoms with Gasteiger partial charge in [0.05, 0.1) is 0 Å². The molecule has 0 spiro atoms. The maximum absolute atomic E-state index is 6.32. The Morgan fingerprint density at radius 3 is 2.08 bits per heavy atom. The molecular formula is C31H18ClN3O. The Morgan fingerprint density at radius 2 is 1.22 bits per heavy atom. The van der Waals surface area contributed by atoms with Gasteiger partial charge in [0.1, 0.15) is 11.2 Å². The van der Waals surface area contributed by atoms with E-state index in [4.69, 9.17) is 31.0 Å². The number of fused-ring (bicyclic) bond motifs is 4. The molecule has 0 atom stereocenters. The highest BCUT2D eigenvalue weighted by Crippen LogP contribution is 2.36. The Hall–Kier alpha value is -4.54. The van der Waals surface area contributed by atoms with E-state index in [1.807, 2.05) is 72.8 Å². The van der Waals surface area contributed by atoms with Crippen LogP contribution in [0, 0.1) is 0 Å². The number of para-hydroxylation sites is 1. The van der Waals surface area contributed by atoms with Crippen LogP contribution < -0.4 is 0 Å². The molecular weight excluding hydrogens is 466 g/mol. The smallest absolute Gasteiger partial charge is 0.164 e. The summed E-state index contributed by atoms with van der Waals surface area (Å²) >= 11 is 6.32. The van der Waals surface area contributed by atoms with Crippen molar-refractivity contribution < 1.29 is 4.42 Å². The number of hydrogen-bond donors (Lipinski definition) is 0. The Bertz CT molecular complexity index is 1930. The molecule has 0 aliphatic rings. The van der Waals surface area contributed by atoms with E-state index < -0.39 is 0 Å². The number of furan rings is 1. The minimum atomic E-state index is 0.565. The highest BCUT2D eigenvalue weighted by molar-refractivity contribution is 6.30. The summed E-state index contributed by atoms with van der Waals surface area (Å²) in [4.78, 5) is 14.8. The first-order chi connectivity index (χ1) is 17.7. The highest BCUT2D eigenvalue weighted by Gasteiger charge is 2.17. The molecule has 2 heterocycles. The topological polar surface area (TPSA) is 51.8 Å². The molecule has 0 aliphatic carbocycles. The predicted octanol–water partition coefficient (Wildman–Crippen LogP) is 8.58. The third-order valence-corrected chi connectivity index (χ3v) is 6.60. The first-order valence-corrected chi connectivity index (χ1v) is 12.0. The van der Waals surface area contributed by atoms with Crippen molar-refractivity contribution >= 4 is 44.3 Å². The molecule has 5 heteroatoms. The summed E-state index contributed by atoms with van der Waals surface area (Å²) in [5.41, 5.74) is 4.27. The molecule has 0 saturated heterocycles. The van der Waals surface area contributed by atoms with E-state index in [1.165, 1.54) is 5.39 Å². The lowest BCUT2D eigenvalue weighted by Gasteiger charge is -2.10. The predicted molar refractivity (Wildman–Crippen MR) is 146 cm³/mol. The van der Waals surface area contributed by atoms with Crippen LogP contribution >= 0.6 is 11.6 Å². The third kappa shape index (κ3) is 3.51. The largest absolute Gasteiger partial charge is 0.456 e. The van der Waals surface area contributed by atoms with Crippen molar-refractivity contribution in [2.24, 2.45) is 0 Å². The molecule has 0 aliphatic heterocycles. The van der Waals surface area contributed by atoms with Crippen LogP contribution in [0.3, 0.4) is 0 Å². The number of rotatable bonds is 3. The zero-order valence-corrected chi connectivity index (χ0v) is 19.8. The van der Waals surface area contributed by atoms with Crippen LogP contribution in [-0.2, 0) is 0 Å². The van der Waals surface area contributed by atoms with Gasteiger partial charge in [-0.3, -0.25) is 0 Å². The lowest BCUT2D eigenvalue weighted by atomic mass is 10.0. The van der Waals surface area contributed by atoms with Crippen molar-refractivity contribution in [2.75, 3.05) is 0 Å². The summed E-state index contributed by atoms with van der Waals surface area (Å²) < 4.78 is 6.12. The van der Waals surface area contributed by atoms with Crippen molar-refractivity contribution in [1.29, 1.82) is 0 Å². The van der Waals surface area contributed by atoms with Gasteiger partial charge in [0.2, 0.25) is 0 Å². The molecule has 36 heavy (non-hydrogen) atoms. The van der Waals surface area contributed by atoms with Crippen LogP contribution in [0.15, 0.2) is 114 Å². The average Bonchev–Trinajstić information content (AvgIpc) is 3.31. The maximum Gasteiger partial charge on any atom is 0.164 e. The second kappa shape index (κ2) is 8.29. The van der Waals surface area contributed by atoms with E-state index in [0.717, 1.165) is 44.0 Å². The zero-order chi connectivity index (χ0) is 24.1. The van der Waals surface area contributed by atoms with Gasteiger partial charge in [0, 0.05) is 32.5 Å². The van der Waals surface area contributed by atoms with Gasteiger partial charge in [-0.25, -0.2) is 15.0 Å². The van der Waals surface area contributed by atoms with E-state index in [-0.39, 0.29) is 0 Å². The monoisotopic (exact) mass is 483 g/mol. The normalized spacial score (nSPS) is 11.5. The van der Waals surface area contributed by atoms with Crippen molar-refractivity contribution in [3.63, 3.8) is 0 Å². The molecule has 0 N–H and O–H groups in total. The molecule has 7 aromatic rings. The van der Waals surface area contributed by atoms with Gasteiger partial charge in [0.15, 0.2) is 17.5 Å². The SMILES string of the molecule is Clc1cccc(-c2nc(-c3ccc4ccccc4c3)nc(-c3cccc4oc5ccccc5c34)n2)c1. The third-order valence-electron chi connectivity index (χ3n) is 6.37. The highest BCUT2D eigenvalue weighted by atomic mass is 35.5. The molecule has 0 bridgehead atoms. The lowest BCUT2D eigenvalue weighted by Crippen LogP contribution is -2.00. The Kier molecular flexibility index (Phi) is 4.79. The average molecular weight is 484 g/mol. The number of nitrogens with zero attached hydrogens (tertiary/aromatic N) is 3. The van der Waals surface area contributed by atoms with Gasteiger partial charge in [-0.15, -0.1) is 0 Å². The lowest BCUT2D eigenvalue weighted by molar-refractivity contribution is 0.669. The number of aromatic nitrogens is 3. The van der Waals surface area contributed by atoms with E-state index in [9.17, 15) is 0 Å². The van der Waals surface area contributed by atoms with Crippen LogP contribution in [0.4, 0.5) is 0 Å². The van der Waals surface area contributed by atoms with Crippen molar-refractivity contribution in [3.8, 4) is 34.2 Å². The number of benzene rings is 5. The maximum atomic E-state index is 6.32. The summed E-state index contributed by atoms with van der Waals surface area (Å²) in [7, 11) is 0. The molecule has 0 radical (unpaired) electrons. The summed E-state index contributed by atoms with van der Waals surface area (Å²) in [5.74, 6) is 1.75. The molecule has 0 amide bonds. The van der Waals surface area contributed by atoms with E-state index in [1.54, 1.807) is 0 Å². The Morgan fingerprint density at radius 1 is 0.528 bits per heavy atom. The molecule has 7 rings (SSSR count). The van der Waals surface area contributed by atoms with Gasteiger partial charge in [0.25, 0.3) is 0 Å². The molecule has 0 fully saturated rings. The fraction of sp³-hybridized carbons (Fsp3) is 0. The van der Waals surface area contributed by atoms with Crippen LogP contribution in [0.2, 0.25) is 5.02 Å². The zero-order valence-electron chi connectivity index (χ0n) is 19.0. The van der Waals surface area contributed by atoms with E-state index >= 15 is 0 Å². The Balaban J connectivity index is 1.51. The van der Waals surface area contributed by atoms with Gasteiger partial charge in [-0.05, 0) is 41.1 Å². The van der Waals surface area contributed by atoms with Crippen LogP contribution in [0.1, 0.15) is 0 Å². The summed E-state index contributed by atoms with van der Waals surface area (Å²) in [5, 5.41) is 4.94. The van der Waals surface area contributed by atoms with Crippen molar-refractivity contribution in [1.82, 2.24) is 15.0 Å². The van der Waals surface area contributed by atoms with Crippen molar-refractivity contribution in [3.05, 3.63) is 114 Å². The fourth-order valence-corrected chi connectivity index (χ4v) is 4.86. The van der Waals surface area contributed by atoms with Gasteiger partial charge < -0.3 is 4.42 Å². The molecule has 5 aromatic carbocycles. The van der Waals surface area contributed by atoms with Gasteiger partial charge >= 0.3 is 0 Å². The standard InChI is InChI=1S/C31H18ClN3O/c32-23-10-5-9-21(18-23)29-33-30(22-16-15-19-7-1-2-8-20(19)17-22)35-31(34-29)25-12-6-14-27-28(25)24-11-3-4-13-26(24)36-27/h1-18H. The summed E-state index contributed by atoms with van der Waals surface area (Å²) in [6.07, 6.45) is 0. The molecule has 4 nitrogen and oxygen atoms in total. The second-order valence-corrected chi connectivity index (χ2v) is 9.09. The first kappa shape index (κ1) is 20.8. The van der Waals surface area contributed by atoms with E-state index in [2.05, 4.69) is 36.4 Å². The number of hydrogen-bond acceptors (Lipinski definition) is 4. The van der Waals surface area contributed by atoms with Crippen LogP contribution in [-0.4, -0.2) is 15.0 Å². The fourth-order valence-electron chi connectivity index (χ4n) is 4.67. The molecule has 2 aromatic heterocycles. The molecule has 0 saturated carbocycles. The van der Waals surface area contributed by atoms with Gasteiger partial charge in [-0.1, -0.05) is 90.5 Å². The summed E-state index contributed by atoms with van der Waals surface area (Å²) in [6.45, 7) is 0. The van der Waals surface area contributed by atoms with E-state index in [0.29, 0.717) is 22.5 Å².